The first-order chi connectivity index (χ1) is 9.89. The van der Waals surface area contributed by atoms with Crippen LogP contribution in [-0.2, 0) is 4.74 Å². The fourth-order valence-corrected chi connectivity index (χ4v) is 2.18. The summed E-state index contributed by atoms with van der Waals surface area (Å²) in [5, 5.41) is 3.04. The van der Waals surface area contributed by atoms with Gasteiger partial charge >= 0.3 is 6.09 Å². The smallest absolute Gasteiger partial charge is 0.410 e. The third kappa shape index (κ3) is 4.24. The topological polar surface area (TPSA) is 57.7 Å². The summed E-state index contributed by atoms with van der Waals surface area (Å²) in [5.41, 5.74) is -0.448. The Morgan fingerprint density at radius 3 is 2.48 bits per heavy atom. The summed E-state index contributed by atoms with van der Waals surface area (Å²) < 4.78 is 5.40. The van der Waals surface area contributed by atoms with Gasteiger partial charge in [-0.05, 0) is 32.9 Å². The molecular weight excluding hydrogens is 268 g/mol. The zero-order valence-electron chi connectivity index (χ0n) is 13.2. The Hall–Kier alpha value is -1.98. The van der Waals surface area contributed by atoms with Crippen LogP contribution in [0, 0.1) is 0 Å². The molecule has 0 saturated carbocycles. The van der Waals surface area contributed by atoms with Gasteiger partial charge in [-0.2, -0.15) is 0 Å². The molecule has 1 fully saturated rings. The van der Waals surface area contributed by atoms with Gasteiger partial charge < -0.3 is 19.9 Å². The minimum atomic E-state index is -0.448. The maximum absolute atomic E-state index is 12.0. The Labute approximate surface area is 126 Å². The van der Waals surface area contributed by atoms with E-state index in [2.05, 4.69) is 15.2 Å². The molecule has 1 aliphatic heterocycles. The van der Waals surface area contributed by atoms with E-state index in [9.17, 15) is 4.79 Å². The van der Waals surface area contributed by atoms with E-state index in [0.29, 0.717) is 13.1 Å². The maximum Gasteiger partial charge on any atom is 0.410 e. The largest absolute Gasteiger partial charge is 0.444 e. The molecule has 1 aromatic rings. The molecule has 1 N–H and O–H groups in total. The van der Waals surface area contributed by atoms with Gasteiger partial charge in [0.15, 0.2) is 0 Å². The van der Waals surface area contributed by atoms with Gasteiger partial charge in [-0.15, -0.1) is 0 Å². The lowest BCUT2D eigenvalue weighted by atomic mass is 10.2. The number of carbonyl (C=O) groups is 1. The molecular formula is C15H24N4O2. The van der Waals surface area contributed by atoms with E-state index in [4.69, 9.17) is 4.74 Å². The molecule has 6 heteroatoms. The van der Waals surface area contributed by atoms with Crippen molar-refractivity contribution in [2.75, 3.05) is 43.4 Å². The average Bonchev–Trinajstić information content (AvgIpc) is 2.46. The van der Waals surface area contributed by atoms with E-state index < -0.39 is 5.60 Å². The minimum Gasteiger partial charge on any atom is -0.444 e. The van der Waals surface area contributed by atoms with Gasteiger partial charge in [-0.3, -0.25) is 0 Å². The highest BCUT2D eigenvalue weighted by atomic mass is 16.6. The standard InChI is InChI=1S/C15H24N4O2/c1-15(2,3)21-14(20)19-10-8-18(9-11-19)13-7-5-6-12(16-4)17-13/h5-7H,8-11H2,1-4H3,(H,16,17). The second-order valence-corrected chi connectivity index (χ2v) is 6.09. The highest BCUT2D eigenvalue weighted by Crippen LogP contribution is 2.17. The Kier molecular flexibility index (Phi) is 4.55. The van der Waals surface area contributed by atoms with Crippen LogP contribution in [0.5, 0.6) is 0 Å². The highest BCUT2D eigenvalue weighted by Gasteiger charge is 2.26. The van der Waals surface area contributed by atoms with E-state index >= 15 is 0 Å². The minimum absolute atomic E-state index is 0.237. The first-order valence-corrected chi connectivity index (χ1v) is 7.27. The van der Waals surface area contributed by atoms with Gasteiger partial charge in [-0.25, -0.2) is 9.78 Å². The summed E-state index contributed by atoms with van der Waals surface area (Å²) in [5.74, 6) is 1.78. The van der Waals surface area contributed by atoms with Crippen molar-refractivity contribution in [1.29, 1.82) is 0 Å². The number of amides is 1. The van der Waals surface area contributed by atoms with Crippen LogP contribution in [0.4, 0.5) is 16.4 Å². The normalized spacial score (nSPS) is 15.8. The summed E-state index contributed by atoms with van der Waals surface area (Å²) in [6.45, 7) is 8.48. The van der Waals surface area contributed by atoms with Crippen LogP contribution in [0.2, 0.25) is 0 Å². The molecule has 0 aromatic carbocycles. The van der Waals surface area contributed by atoms with Crippen molar-refractivity contribution in [3.05, 3.63) is 18.2 Å². The van der Waals surface area contributed by atoms with Gasteiger partial charge in [0.05, 0.1) is 0 Å². The van der Waals surface area contributed by atoms with E-state index in [-0.39, 0.29) is 6.09 Å². The Morgan fingerprint density at radius 1 is 1.24 bits per heavy atom. The van der Waals surface area contributed by atoms with Crippen molar-refractivity contribution in [3.63, 3.8) is 0 Å². The lowest BCUT2D eigenvalue weighted by Crippen LogP contribution is -2.50. The molecule has 1 amide bonds. The molecule has 2 rings (SSSR count). The van der Waals surface area contributed by atoms with Crippen LogP contribution in [0.25, 0.3) is 0 Å². The number of nitrogens with zero attached hydrogens (tertiary/aromatic N) is 3. The van der Waals surface area contributed by atoms with E-state index in [1.165, 1.54) is 0 Å². The first kappa shape index (κ1) is 15.4. The summed E-state index contributed by atoms with van der Waals surface area (Å²) >= 11 is 0. The van der Waals surface area contributed by atoms with Gasteiger partial charge in [0.25, 0.3) is 0 Å². The number of ether oxygens (including phenoxy) is 1. The molecule has 0 radical (unpaired) electrons. The molecule has 0 unspecified atom stereocenters. The SMILES string of the molecule is CNc1cccc(N2CCN(C(=O)OC(C)(C)C)CC2)n1. The highest BCUT2D eigenvalue weighted by molar-refractivity contribution is 5.68. The van der Waals surface area contributed by atoms with Crippen LogP contribution >= 0.6 is 0 Å². The Morgan fingerprint density at radius 2 is 1.90 bits per heavy atom. The number of anilines is 2. The summed E-state index contributed by atoms with van der Waals surface area (Å²) in [4.78, 5) is 20.5. The van der Waals surface area contributed by atoms with Crippen LogP contribution in [0.3, 0.4) is 0 Å². The Balaban J connectivity index is 1.92. The fraction of sp³-hybridized carbons (Fsp3) is 0.600. The number of rotatable bonds is 2. The van der Waals surface area contributed by atoms with E-state index in [1.54, 1.807) is 4.90 Å². The number of carbonyl (C=O) groups excluding carboxylic acids is 1. The summed E-state index contributed by atoms with van der Waals surface area (Å²) in [6, 6.07) is 5.90. The number of aromatic nitrogens is 1. The predicted octanol–water partition coefficient (Wildman–Crippen LogP) is 2.18. The van der Waals surface area contributed by atoms with E-state index in [1.807, 2.05) is 46.0 Å². The molecule has 1 aromatic heterocycles. The molecule has 1 aliphatic rings. The predicted molar refractivity (Wildman–Crippen MR) is 83.8 cm³/mol. The number of hydrogen-bond donors (Lipinski definition) is 1. The molecule has 116 valence electrons. The third-order valence-electron chi connectivity index (χ3n) is 3.25. The molecule has 6 nitrogen and oxygen atoms in total. The van der Waals surface area contributed by atoms with Gasteiger partial charge in [0.2, 0.25) is 0 Å². The summed E-state index contributed by atoms with van der Waals surface area (Å²) in [7, 11) is 1.85. The molecule has 0 aliphatic carbocycles. The van der Waals surface area contributed by atoms with Crippen LogP contribution in [0.15, 0.2) is 18.2 Å². The van der Waals surface area contributed by atoms with Gasteiger partial charge in [-0.1, -0.05) is 6.07 Å². The lowest BCUT2D eigenvalue weighted by Gasteiger charge is -2.36. The number of nitrogens with one attached hydrogen (secondary N) is 1. The van der Waals surface area contributed by atoms with Crippen molar-refractivity contribution in [2.45, 2.75) is 26.4 Å². The zero-order chi connectivity index (χ0) is 15.5. The summed E-state index contributed by atoms with van der Waals surface area (Å²) in [6.07, 6.45) is -0.237. The zero-order valence-corrected chi connectivity index (χ0v) is 13.2. The van der Waals surface area contributed by atoms with Crippen molar-refractivity contribution >= 4 is 17.7 Å². The molecule has 0 bridgehead atoms. The number of piperazine rings is 1. The molecule has 1 saturated heterocycles. The third-order valence-corrected chi connectivity index (χ3v) is 3.25. The Bertz CT molecular complexity index is 491. The molecule has 0 atom stereocenters. The van der Waals surface area contributed by atoms with Crippen molar-refractivity contribution < 1.29 is 9.53 Å². The molecule has 2 heterocycles. The monoisotopic (exact) mass is 292 g/mol. The second kappa shape index (κ2) is 6.20. The molecule has 21 heavy (non-hydrogen) atoms. The molecule has 0 spiro atoms. The average molecular weight is 292 g/mol. The van der Waals surface area contributed by atoms with Gasteiger partial charge in [0, 0.05) is 33.2 Å². The number of pyridine rings is 1. The van der Waals surface area contributed by atoms with Crippen LogP contribution in [0.1, 0.15) is 20.8 Å². The fourth-order valence-electron chi connectivity index (χ4n) is 2.18. The quantitative estimate of drug-likeness (QED) is 0.905. The van der Waals surface area contributed by atoms with Crippen LogP contribution in [-0.4, -0.2) is 54.8 Å². The van der Waals surface area contributed by atoms with E-state index in [0.717, 1.165) is 24.7 Å². The first-order valence-electron chi connectivity index (χ1n) is 7.27. The lowest BCUT2D eigenvalue weighted by molar-refractivity contribution is 0.0240. The van der Waals surface area contributed by atoms with Crippen molar-refractivity contribution in [1.82, 2.24) is 9.88 Å². The second-order valence-electron chi connectivity index (χ2n) is 6.09. The van der Waals surface area contributed by atoms with Crippen molar-refractivity contribution in [2.24, 2.45) is 0 Å². The van der Waals surface area contributed by atoms with Crippen LogP contribution < -0.4 is 10.2 Å². The maximum atomic E-state index is 12.0. The van der Waals surface area contributed by atoms with Crippen molar-refractivity contribution in [3.8, 4) is 0 Å². The van der Waals surface area contributed by atoms with Gasteiger partial charge in [0.1, 0.15) is 17.2 Å². The number of hydrogen-bond acceptors (Lipinski definition) is 5.